The Labute approximate surface area is 215 Å². The molecule has 1 amide bonds. The van der Waals surface area contributed by atoms with Crippen LogP contribution < -0.4 is 10.2 Å². The van der Waals surface area contributed by atoms with Gasteiger partial charge in [-0.1, -0.05) is 40.5 Å². The third kappa shape index (κ3) is 9.70. The molecule has 1 aromatic carbocycles. The lowest BCUT2D eigenvalue weighted by molar-refractivity contribution is -0.143. The van der Waals surface area contributed by atoms with Crippen LogP contribution in [0.1, 0.15) is 77.8 Å². The molecule has 0 radical (unpaired) electrons. The molecule has 1 aliphatic heterocycles. The highest BCUT2D eigenvalue weighted by molar-refractivity contribution is 5.84. The summed E-state index contributed by atoms with van der Waals surface area (Å²) >= 11 is 0. The Balaban J connectivity index is 2.31. The zero-order chi connectivity index (χ0) is 28.0. The summed E-state index contributed by atoms with van der Waals surface area (Å²) in [6.07, 6.45) is -4.60. The van der Waals surface area contributed by atoms with Crippen molar-refractivity contribution < 1.29 is 31.1 Å². The molecule has 4 nitrogen and oxygen atoms in total. The molecule has 2 atom stereocenters. The van der Waals surface area contributed by atoms with Crippen LogP contribution in [0.15, 0.2) is 35.1 Å². The van der Waals surface area contributed by atoms with Gasteiger partial charge >= 0.3 is 12.4 Å². The maximum Gasteiger partial charge on any atom is 0.416 e. The SMILES string of the molecule is CCCC(C)CC(CC(C)C)C(=O)NCC1=CN(c2cc(C(F)(F)F)cc(C(F)(F)F)c2)CCC(C)=N1. The van der Waals surface area contributed by atoms with E-state index in [-0.39, 0.29) is 36.7 Å². The molecule has 2 rings (SSSR count). The molecule has 0 saturated heterocycles. The van der Waals surface area contributed by atoms with Crippen molar-refractivity contribution in [2.24, 2.45) is 22.7 Å². The molecule has 0 saturated carbocycles. The average molecular weight is 534 g/mol. The van der Waals surface area contributed by atoms with Gasteiger partial charge in [-0.15, -0.1) is 0 Å². The first-order chi connectivity index (χ1) is 17.1. The summed E-state index contributed by atoms with van der Waals surface area (Å²) in [7, 11) is 0. The van der Waals surface area contributed by atoms with Crippen LogP contribution in [0.5, 0.6) is 0 Å². The molecule has 0 bridgehead atoms. The third-order valence-electron chi connectivity index (χ3n) is 6.30. The highest BCUT2D eigenvalue weighted by Gasteiger charge is 2.37. The first-order valence-corrected chi connectivity index (χ1v) is 12.7. The first kappa shape index (κ1) is 30.7. The van der Waals surface area contributed by atoms with Crippen molar-refractivity contribution in [3.63, 3.8) is 0 Å². The third-order valence-corrected chi connectivity index (χ3v) is 6.30. The topological polar surface area (TPSA) is 44.7 Å². The minimum Gasteiger partial charge on any atom is -0.350 e. The van der Waals surface area contributed by atoms with E-state index in [4.69, 9.17) is 0 Å². The maximum absolute atomic E-state index is 13.4. The quantitative estimate of drug-likeness (QED) is 0.312. The lowest BCUT2D eigenvalue weighted by Gasteiger charge is -2.23. The highest BCUT2D eigenvalue weighted by Crippen LogP contribution is 2.38. The number of nitrogens with zero attached hydrogens (tertiary/aromatic N) is 2. The molecule has 2 unspecified atom stereocenters. The predicted octanol–water partition coefficient (Wildman–Crippen LogP) is 7.84. The second kappa shape index (κ2) is 12.8. The van der Waals surface area contributed by atoms with E-state index in [1.54, 1.807) is 6.92 Å². The number of alkyl halides is 6. The number of anilines is 1. The van der Waals surface area contributed by atoms with Crippen molar-refractivity contribution >= 4 is 17.3 Å². The molecule has 0 aromatic heterocycles. The Bertz CT molecular complexity index is 949. The van der Waals surface area contributed by atoms with Gasteiger partial charge in [0.15, 0.2) is 0 Å². The molecule has 0 spiro atoms. The minimum absolute atomic E-state index is 0.0223. The van der Waals surface area contributed by atoms with Crippen LogP contribution >= 0.6 is 0 Å². The van der Waals surface area contributed by atoms with Crippen LogP contribution in [-0.4, -0.2) is 24.7 Å². The number of hydrogen-bond donors (Lipinski definition) is 1. The molecule has 208 valence electrons. The zero-order valence-electron chi connectivity index (χ0n) is 22.1. The molecule has 1 aromatic rings. The van der Waals surface area contributed by atoms with Gasteiger partial charge < -0.3 is 10.2 Å². The van der Waals surface area contributed by atoms with Crippen molar-refractivity contribution in [1.82, 2.24) is 5.32 Å². The molecule has 37 heavy (non-hydrogen) atoms. The monoisotopic (exact) mass is 533 g/mol. The van der Waals surface area contributed by atoms with E-state index in [0.717, 1.165) is 25.7 Å². The van der Waals surface area contributed by atoms with Gasteiger partial charge in [0, 0.05) is 36.5 Å². The van der Waals surface area contributed by atoms with Gasteiger partial charge in [-0.2, -0.15) is 26.3 Å². The molecule has 10 heteroatoms. The van der Waals surface area contributed by atoms with Crippen molar-refractivity contribution in [1.29, 1.82) is 0 Å². The number of nitrogens with one attached hydrogen (secondary N) is 1. The van der Waals surface area contributed by atoms with E-state index in [2.05, 4.69) is 24.2 Å². The average Bonchev–Trinajstić information content (AvgIpc) is 2.96. The normalized spacial score (nSPS) is 16.7. The summed E-state index contributed by atoms with van der Waals surface area (Å²) in [4.78, 5) is 18.8. The first-order valence-electron chi connectivity index (χ1n) is 12.7. The van der Waals surface area contributed by atoms with Crippen molar-refractivity contribution in [3.8, 4) is 0 Å². The van der Waals surface area contributed by atoms with Gasteiger partial charge in [-0.25, -0.2) is 0 Å². The van der Waals surface area contributed by atoms with E-state index in [1.807, 2.05) is 13.8 Å². The largest absolute Gasteiger partial charge is 0.416 e. The van der Waals surface area contributed by atoms with E-state index in [0.29, 0.717) is 41.8 Å². The van der Waals surface area contributed by atoms with E-state index >= 15 is 0 Å². The molecule has 1 aliphatic rings. The van der Waals surface area contributed by atoms with Crippen LogP contribution in [0.4, 0.5) is 32.0 Å². The molecule has 0 aliphatic carbocycles. The minimum atomic E-state index is -4.94. The fourth-order valence-electron chi connectivity index (χ4n) is 4.55. The number of halogens is 6. The zero-order valence-corrected chi connectivity index (χ0v) is 22.1. The van der Waals surface area contributed by atoms with Crippen molar-refractivity contribution in [2.45, 2.75) is 79.1 Å². The lowest BCUT2D eigenvalue weighted by Crippen LogP contribution is -2.34. The lowest BCUT2D eigenvalue weighted by atomic mass is 9.86. The van der Waals surface area contributed by atoms with Crippen LogP contribution in [0.3, 0.4) is 0 Å². The van der Waals surface area contributed by atoms with Gasteiger partial charge in [-0.05, 0) is 49.8 Å². The number of aliphatic imine (C=N–C) groups is 1. The Hall–Kier alpha value is -2.52. The molecule has 0 fully saturated rings. The standard InChI is InChI=1S/C27H37F6N3O/c1-6-7-18(4)11-20(10-17(2)3)25(37)34-15-23-16-36(9-8-19(5)35-23)24-13-21(26(28,29)30)12-22(14-24)27(31,32)33/h12-14,16-18,20H,6-11,15H2,1-5H3,(H,34,37). The van der Waals surface area contributed by atoms with Crippen LogP contribution in [0, 0.1) is 17.8 Å². The number of carbonyl (C=O) groups excluding carboxylic acids is 1. The Morgan fingerprint density at radius 3 is 2.14 bits per heavy atom. The van der Waals surface area contributed by atoms with Crippen LogP contribution in [-0.2, 0) is 17.1 Å². The highest BCUT2D eigenvalue weighted by atomic mass is 19.4. The van der Waals surface area contributed by atoms with E-state index < -0.39 is 23.5 Å². The number of carbonyl (C=O) groups is 1. The fraction of sp³-hybridized carbons (Fsp3) is 0.630. The summed E-state index contributed by atoms with van der Waals surface area (Å²) in [6, 6.07) is 1.52. The smallest absolute Gasteiger partial charge is 0.350 e. The van der Waals surface area contributed by atoms with Crippen molar-refractivity contribution in [2.75, 3.05) is 18.0 Å². The summed E-state index contributed by atoms with van der Waals surface area (Å²) in [5.74, 6) is 0.392. The number of rotatable bonds is 10. The van der Waals surface area contributed by atoms with Gasteiger partial charge in [0.2, 0.25) is 5.91 Å². The van der Waals surface area contributed by atoms with Crippen LogP contribution in [0.25, 0.3) is 0 Å². The predicted molar refractivity (Wildman–Crippen MR) is 134 cm³/mol. The summed E-state index contributed by atoms with van der Waals surface area (Å²) < 4.78 is 80.2. The fourth-order valence-corrected chi connectivity index (χ4v) is 4.55. The Kier molecular flexibility index (Phi) is 10.6. The molecular weight excluding hydrogens is 496 g/mol. The van der Waals surface area contributed by atoms with Gasteiger partial charge in [-0.3, -0.25) is 9.79 Å². The second-order valence-electron chi connectivity index (χ2n) is 10.3. The summed E-state index contributed by atoms with van der Waals surface area (Å²) in [5, 5.41) is 2.90. The van der Waals surface area contributed by atoms with Crippen LogP contribution in [0.2, 0.25) is 0 Å². The van der Waals surface area contributed by atoms with Gasteiger partial charge in [0.1, 0.15) is 0 Å². The van der Waals surface area contributed by atoms with E-state index in [1.165, 1.54) is 11.1 Å². The maximum atomic E-state index is 13.4. The number of hydrogen-bond acceptors (Lipinski definition) is 3. The summed E-state index contributed by atoms with van der Waals surface area (Å²) in [6.45, 7) is 10.2. The molecule has 1 N–H and O–H groups in total. The Morgan fingerprint density at radius 1 is 1.03 bits per heavy atom. The Morgan fingerprint density at radius 2 is 1.62 bits per heavy atom. The number of amides is 1. The molecule has 1 heterocycles. The number of benzene rings is 1. The summed E-state index contributed by atoms with van der Waals surface area (Å²) in [5.41, 5.74) is -1.96. The molecular formula is C27H37F6N3O. The van der Waals surface area contributed by atoms with Gasteiger partial charge in [0.05, 0.1) is 23.4 Å². The second-order valence-corrected chi connectivity index (χ2v) is 10.3. The van der Waals surface area contributed by atoms with Gasteiger partial charge in [0.25, 0.3) is 0 Å². The van der Waals surface area contributed by atoms with Crippen molar-refractivity contribution in [3.05, 3.63) is 41.2 Å². The van der Waals surface area contributed by atoms with E-state index in [9.17, 15) is 31.1 Å².